The summed E-state index contributed by atoms with van der Waals surface area (Å²) in [6, 6.07) is 24.1. The average Bonchev–Trinajstić information content (AvgIpc) is 3.14. The van der Waals surface area contributed by atoms with Gasteiger partial charge in [0.25, 0.3) is 17.7 Å². The van der Waals surface area contributed by atoms with E-state index in [9.17, 15) is 33.9 Å². The van der Waals surface area contributed by atoms with Crippen molar-refractivity contribution in [3.8, 4) is 0 Å². The monoisotopic (exact) mass is 592 g/mol. The zero-order valence-corrected chi connectivity index (χ0v) is 23.6. The zero-order chi connectivity index (χ0) is 31.4. The van der Waals surface area contributed by atoms with Crippen LogP contribution in [0.3, 0.4) is 0 Å². The number of amides is 4. The molecule has 2 N–H and O–H groups in total. The average molecular weight is 593 g/mol. The molecule has 4 aromatic rings. The lowest BCUT2D eigenvalue weighted by Gasteiger charge is -2.38. The Kier molecular flexibility index (Phi) is 8.47. The quantitative estimate of drug-likeness (QED) is 0.298. The van der Waals surface area contributed by atoms with E-state index in [1.54, 1.807) is 66.7 Å². The van der Waals surface area contributed by atoms with Crippen LogP contribution in [0, 0.1) is 0 Å². The molecule has 1 heterocycles. The Bertz CT molecular complexity index is 1770. The first-order valence-corrected chi connectivity index (χ1v) is 13.8. The van der Waals surface area contributed by atoms with Crippen molar-refractivity contribution in [2.24, 2.45) is 0 Å². The van der Waals surface area contributed by atoms with E-state index in [1.165, 1.54) is 11.0 Å². The topological polar surface area (TPSA) is 144 Å². The number of aliphatic carboxylic acids is 1. The molecule has 5 rings (SSSR count). The third-order valence-electron chi connectivity index (χ3n) is 7.25. The molecule has 222 valence electrons. The molecular weight excluding hydrogens is 564 g/mol. The number of benzene rings is 4. The summed E-state index contributed by atoms with van der Waals surface area (Å²) in [5.41, 5.74) is 0.825. The third-order valence-corrected chi connectivity index (χ3v) is 7.25. The number of nitrogens with zero attached hydrogens (tertiary/aromatic N) is 3. The summed E-state index contributed by atoms with van der Waals surface area (Å²) in [7, 11) is 0. The highest BCUT2D eigenvalue weighted by atomic mass is 16.4. The number of carboxylic acids is 1. The molecule has 4 amide bonds. The highest BCUT2D eigenvalue weighted by molar-refractivity contribution is 6.14. The number of carboxylic acid groups (broad SMARTS) is 1. The van der Waals surface area contributed by atoms with Crippen LogP contribution < -0.4 is 15.2 Å². The van der Waals surface area contributed by atoms with Crippen LogP contribution in [0.1, 0.15) is 34.1 Å². The Balaban J connectivity index is 1.66. The van der Waals surface area contributed by atoms with Crippen LogP contribution in [-0.2, 0) is 19.2 Å². The lowest BCUT2D eigenvalue weighted by Crippen LogP contribution is -2.61. The molecule has 0 spiro atoms. The molecule has 1 aliphatic rings. The minimum atomic E-state index is -1.56. The first-order valence-electron chi connectivity index (χ1n) is 13.8. The Morgan fingerprint density at radius 2 is 1.52 bits per heavy atom. The first kappa shape index (κ1) is 29.6. The molecule has 0 unspecified atom stereocenters. The summed E-state index contributed by atoms with van der Waals surface area (Å²) >= 11 is 0. The lowest BCUT2D eigenvalue weighted by atomic mass is 10.1. The normalized spacial score (nSPS) is 15.1. The second-order valence-electron chi connectivity index (χ2n) is 10.2. The van der Waals surface area contributed by atoms with Crippen molar-refractivity contribution in [3.63, 3.8) is 0 Å². The number of nitrogens with one attached hydrogen (secondary N) is 1. The van der Waals surface area contributed by atoms with E-state index < -0.39 is 48.1 Å². The predicted octanol–water partition coefficient (Wildman–Crippen LogP) is 3.44. The second kappa shape index (κ2) is 12.6. The molecule has 11 nitrogen and oxygen atoms in total. The van der Waals surface area contributed by atoms with Crippen LogP contribution >= 0.6 is 0 Å². The fourth-order valence-electron chi connectivity index (χ4n) is 5.22. The van der Waals surface area contributed by atoms with Crippen LogP contribution in [-0.4, -0.2) is 64.6 Å². The molecule has 0 saturated carbocycles. The Hall–Kier alpha value is -5.84. The Labute approximate surface area is 252 Å². The van der Waals surface area contributed by atoms with Crippen molar-refractivity contribution in [2.75, 3.05) is 16.5 Å². The van der Waals surface area contributed by atoms with E-state index in [0.717, 1.165) is 27.7 Å². The van der Waals surface area contributed by atoms with Crippen molar-refractivity contribution in [2.45, 2.75) is 25.4 Å². The SMILES string of the molecule is CC(=O)N([C@H](C=O)CC(=O)O)N1C(=O)[C@@H](NC(=O)c2ccccc2)CN(C(=O)c2ccc3ccccc3c2)c2ccccc21. The molecule has 0 radical (unpaired) electrons. The zero-order valence-electron chi connectivity index (χ0n) is 23.6. The van der Waals surface area contributed by atoms with Gasteiger partial charge in [-0.05, 0) is 47.2 Å². The Morgan fingerprint density at radius 1 is 0.886 bits per heavy atom. The van der Waals surface area contributed by atoms with Crippen LogP contribution in [0.25, 0.3) is 10.8 Å². The highest BCUT2D eigenvalue weighted by Gasteiger charge is 2.43. The number of hydrazine groups is 1. The first-order chi connectivity index (χ1) is 21.2. The number of fused-ring (bicyclic) bond motifs is 2. The van der Waals surface area contributed by atoms with Gasteiger partial charge in [-0.15, -0.1) is 0 Å². The van der Waals surface area contributed by atoms with Gasteiger partial charge in [0.15, 0.2) is 0 Å². The molecular formula is C33H28N4O7. The fourth-order valence-corrected chi connectivity index (χ4v) is 5.22. The van der Waals surface area contributed by atoms with E-state index in [4.69, 9.17) is 0 Å². The molecule has 44 heavy (non-hydrogen) atoms. The molecule has 0 saturated heterocycles. The summed E-state index contributed by atoms with van der Waals surface area (Å²) in [6.45, 7) is 0.766. The van der Waals surface area contributed by atoms with Gasteiger partial charge in [0.05, 0.1) is 24.3 Å². The van der Waals surface area contributed by atoms with Gasteiger partial charge in [-0.1, -0.05) is 60.7 Å². The van der Waals surface area contributed by atoms with E-state index in [1.807, 2.05) is 24.3 Å². The largest absolute Gasteiger partial charge is 0.481 e. The molecule has 2 atom stereocenters. The van der Waals surface area contributed by atoms with E-state index >= 15 is 0 Å². The van der Waals surface area contributed by atoms with Gasteiger partial charge < -0.3 is 20.1 Å². The van der Waals surface area contributed by atoms with Gasteiger partial charge in [0.1, 0.15) is 18.4 Å². The molecule has 1 aliphatic heterocycles. The minimum Gasteiger partial charge on any atom is -0.481 e. The number of hydrogen-bond donors (Lipinski definition) is 2. The number of anilines is 2. The highest BCUT2D eigenvalue weighted by Crippen LogP contribution is 2.36. The number of rotatable bonds is 8. The number of carbonyl (C=O) groups excluding carboxylic acids is 5. The molecule has 11 heteroatoms. The smallest absolute Gasteiger partial charge is 0.305 e. The van der Waals surface area contributed by atoms with Crippen molar-refractivity contribution in [3.05, 3.63) is 108 Å². The maximum absolute atomic E-state index is 14.3. The lowest BCUT2D eigenvalue weighted by molar-refractivity contribution is -0.145. The molecule has 0 aliphatic carbocycles. The number of carbonyl (C=O) groups is 6. The minimum absolute atomic E-state index is 0.0514. The van der Waals surface area contributed by atoms with E-state index in [-0.39, 0.29) is 29.8 Å². The molecule has 0 bridgehead atoms. The van der Waals surface area contributed by atoms with Crippen molar-refractivity contribution < 1.29 is 33.9 Å². The van der Waals surface area contributed by atoms with Crippen molar-refractivity contribution in [1.82, 2.24) is 10.3 Å². The molecule has 0 fully saturated rings. The maximum Gasteiger partial charge on any atom is 0.305 e. The summed E-state index contributed by atoms with van der Waals surface area (Å²) < 4.78 is 0. The summed E-state index contributed by atoms with van der Waals surface area (Å²) in [5.74, 6) is -4.11. The van der Waals surface area contributed by atoms with Gasteiger partial charge in [-0.3, -0.25) is 24.0 Å². The molecule has 0 aromatic heterocycles. The van der Waals surface area contributed by atoms with Crippen molar-refractivity contribution >= 4 is 58.0 Å². The standard InChI is InChI=1S/C33H28N4O7/c1-21(39)36(26(20-38)18-30(40)41)37-29-14-8-7-13-28(29)35(32(43)25-16-15-22-9-5-6-12-24(22)17-25)19-27(33(37)44)34-31(42)23-10-3-2-4-11-23/h2-17,20,26-27H,18-19H2,1H3,(H,34,42)(H,40,41)/t26-,27-/m0/s1. The van der Waals surface area contributed by atoms with Crippen LogP contribution in [0.15, 0.2) is 97.1 Å². The second-order valence-corrected chi connectivity index (χ2v) is 10.2. The number of hydrogen-bond acceptors (Lipinski definition) is 6. The van der Waals surface area contributed by atoms with Crippen molar-refractivity contribution in [1.29, 1.82) is 0 Å². The summed E-state index contributed by atoms with van der Waals surface area (Å²) in [6.07, 6.45) is -0.512. The predicted molar refractivity (Wildman–Crippen MR) is 162 cm³/mol. The number of aldehydes is 1. The van der Waals surface area contributed by atoms with Gasteiger partial charge in [-0.2, -0.15) is 0 Å². The van der Waals surface area contributed by atoms with Gasteiger partial charge >= 0.3 is 5.97 Å². The van der Waals surface area contributed by atoms with E-state index in [2.05, 4.69) is 5.32 Å². The van der Waals surface area contributed by atoms with Crippen LogP contribution in [0.5, 0.6) is 0 Å². The van der Waals surface area contributed by atoms with Gasteiger partial charge in [-0.25, -0.2) is 10.0 Å². The van der Waals surface area contributed by atoms with Crippen LogP contribution in [0.2, 0.25) is 0 Å². The third kappa shape index (κ3) is 5.88. The van der Waals surface area contributed by atoms with Gasteiger partial charge in [0, 0.05) is 18.1 Å². The summed E-state index contributed by atoms with van der Waals surface area (Å²) in [5, 5.41) is 15.5. The van der Waals surface area contributed by atoms with Crippen LogP contribution in [0.4, 0.5) is 11.4 Å². The fraction of sp³-hybridized carbons (Fsp3) is 0.152. The summed E-state index contributed by atoms with van der Waals surface area (Å²) in [4.78, 5) is 79.9. The molecule has 4 aromatic carbocycles. The van der Waals surface area contributed by atoms with E-state index in [0.29, 0.717) is 5.56 Å². The van der Waals surface area contributed by atoms with Gasteiger partial charge in [0.2, 0.25) is 5.91 Å². The maximum atomic E-state index is 14.3. The Morgan fingerprint density at radius 3 is 2.18 bits per heavy atom. The number of para-hydroxylation sites is 2.